The molecule has 4 heterocycles. The van der Waals surface area contributed by atoms with Gasteiger partial charge in [-0.1, -0.05) is 24.3 Å². The first kappa shape index (κ1) is 13.3. The van der Waals surface area contributed by atoms with Crippen LogP contribution in [0.25, 0.3) is 0 Å². The van der Waals surface area contributed by atoms with Crippen LogP contribution in [-0.2, 0) is 25.7 Å². The molecule has 4 aliphatic heterocycles. The van der Waals surface area contributed by atoms with Gasteiger partial charge in [0, 0.05) is 5.56 Å². The number of ether oxygens (including phenoxy) is 2. The molecule has 0 aromatic heterocycles. The second-order valence-electron chi connectivity index (χ2n) is 6.77. The SMILES string of the molecule is C[C@]12C=C[C@]3(O1)[C@H](C(=O)N1c4ccccc4CO[C@H]13)[C@@H]2C(=O)O. The zero-order chi connectivity index (χ0) is 16.0. The Balaban J connectivity index is 1.70. The van der Waals surface area contributed by atoms with Crippen molar-refractivity contribution in [1.29, 1.82) is 0 Å². The summed E-state index contributed by atoms with van der Waals surface area (Å²) in [6, 6.07) is 7.54. The number of hydrogen-bond donors (Lipinski definition) is 1. The number of fused-ring (bicyclic) bond motifs is 4. The Morgan fingerprint density at radius 3 is 2.91 bits per heavy atom. The largest absolute Gasteiger partial charge is 0.481 e. The molecule has 2 bridgehead atoms. The van der Waals surface area contributed by atoms with Crippen molar-refractivity contribution < 1.29 is 24.2 Å². The maximum absolute atomic E-state index is 13.1. The summed E-state index contributed by atoms with van der Waals surface area (Å²) < 4.78 is 12.1. The van der Waals surface area contributed by atoms with Crippen LogP contribution in [0.5, 0.6) is 0 Å². The van der Waals surface area contributed by atoms with Crippen LogP contribution in [-0.4, -0.2) is 34.4 Å². The van der Waals surface area contributed by atoms with Crippen molar-refractivity contribution in [2.75, 3.05) is 4.90 Å². The number of benzene rings is 1. The topological polar surface area (TPSA) is 76.1 Å². The van der Waals surface area contributed by atoms with Gasteiger partial charge >= 0.3 is 5.97 Å². The molecule has 0 aliphatic carbocycles. The highest BCUT2D eigenvalue weighted by atomic mass is 16.6. The molecule has 1 amide bonds. The number of hydrogen-bond acceptors (Lipinski definition) is 4. The van der Waals surface area contributed by atoms with Crippen LogP contribution in [0.4, 0.5) is 5.69 Å². The smallest absolute Gasteiger partial charge is 0.310 e. The fraction of sp³-hybridized carbons (Fsp3) is 0.412. The van der Waals surface area contributed by atoms with Gasteiger partial charge in [0.1, 0.15) is 11.5 Å². The zero-order valence-corrected chi connectivity index (χ0v) is 12.4. The van der Waals surface area contributed by atoms with Crippen LogP contribution in [0.3, 0.4) is 0 Å². The summed E-state index contributed by atoms with van der Waals surface area (Å²) in [5, 5.41) is 9.67. The molecule has 2 saturated heterocycles. The minimum absolute atomic E-state index is 0.234. The number of carbonyl (C=O) groups excluding carboxylic acids is 1. The second-order valence-corrected chi connectivity index (χ2v) is 6.77. The highest BCUT2D eigenvalue weighted by Gasteiger charge is 2.76. The van der Waals surface area contributed by atoms with E-state index < -0.39 is 35.2 Å². The number of rotatable bonds is 1. The van der Waals surface area contributed by atoms with E-state index in [1.165, 1.54) is 0 Å². The highest BCUT2D eigenvalue weighted by Crippen LogP contribution is 2.61. The number of amides is 1. The first-order valence-corrected chi connectivity index (χ1v) is 7.64. The molecule has 1 N–H and O–H groups in total. The van der Waals surface area contributed by atoms with Gasteiger partial charge in [-0.05, 0) is 19.1 Å². The predicted octanol–water partition coefficient (Wildman–Crippen LogP) is 1.30. The molecular formula is C17H15NO5. The van der Waals surface area contributed by atoms with E-state index in [1.54, 1.807) is 17.9 Å². The molecule has 1 aromatic carbocycles. The summed E-state index contributed by atoms with van der Waals surface area (Å²) in [6.45, 7) is 2.11. The third-order valence-electron chi connectivity index (χ3n) is 5.55. The molecule has 0 radical (unpaired) electrons. The molecule has 118 valence electrons. The molecule has 6 nitrogen and oxygen atoms in total. The first-order chi connectivity index (χ1) is 11.0. The number of para-hydroxylation sites is 1. The van der Waals surface area contributed by atoms with Gasteiger partial charge in [-0.15, -0.1) is 0 Å². The molecular weight excluding hydrogens is 298 g/mol. The van der Waals surface area contributed by atoms with Crippen LogP contribution < -0.4 is 4.90 Å². The van der Waals surface area contributed by atoms with Crippen molar-refractivity contribution in [3.05, 3.63) is 42.0 Å². The van der Waals surface area contributed by atoms with Gasteiger partial charge in [0.25, 0.3) is 0 Å². The molecule has 4 aliphatic rings. The Bertz CT molecular complexity index is 789. The van der Waals surface area contributed by atoms with Crippen LogP contribution in [0, 0.1) is 11.8 Å². The Labute approximate surface area is 132 Å². The van der Waals surface area contributed by atoms with E-state index in [-0.39, 0.29) is 5.91 Å². The molecule has 1 spiro atoms. The first-order valence-electron chi connectivity index (χ1n) is 7.64. The summed E-state index contributed by atoms with van der Waals surface area (Å²) in [6.07, 6.45) is 2.98. The van der Waals surface area contributed by atoms with E-state index in [0.29, 0.717) is 6.61 Å². The fourth-order valence-corrected chi connectivity index (χ4v) is 4.63. The molecule has 0 saturated carbocycles. The average Bonchev–Trinajstić information content (AvgIpc) is 3.10. The summed E-state index contributed by atoms with van der Waals surface area (Å²) in [7, 11) is 0. The lowest BCUT2D eigenvalue weighted by atomic mass is 9.72. The molecule has 0 unspecified atom stereocenters. The van der Waals surface area contributed by atoms with Crippen molar-refractivity contribution >= 4 is 17.6 Å². The molecule has 2 fully saturated rings. The van der Waals surface area contributed by atoms with Crippen LogP contribution in [0.15, 0.2) is 36.4 Å². The molecule has 5 rings (SSSR count). The Morgan fingerprint density at radius 2 is 2.13 bits per heavy atom. The Kier molecular flexibility index (Phi) is 2.21. The van der Waals surface area contributed by atoms with E-state index in [1.807, 2.05) is 30.3 Å². The van der Waals surface area contributed by atoms with Crippen molar-refractivity contribution in [3.63, 3.8) is 0 Å². The minimum Gasteiger partial charge on any atom is -0.481 e. The van der Waals surface area contributed by atoms with Gasteiger partial charge in [-0.3, -0.25) is 14.5 Å². The second kappa shape index (κ2) is 3.83. The van der Waals surface area contributed by atoms with Gasteiger partial charge in [0.05, 0.1) is 23.8 Å². The lowest BCUT2D eigenvalue weighted by Crippen LogP contribution is -2.49. The summed E-state index contributed by atoms with van der Waals surface area (Å²) >= 11 is 0. The van der Waals surface area contributed by atoms with Crippen LogP contribution in [0.1, 0.15) is 12.5 Å². The lowest BCUT2D eigenvalue weighted by molar-refractivity contribution is -0.150. The van der Waals surface area contributed by atoms with E-state index >= 15 is 0 Å². The van der Waals surface area contributed by atoms with Crippen molar-refractivity contribution in [3.8, 4) is 0 Å². The Hall–Kier alpha value is -2.18. The van der Waals surface area contributed by atoms with E-state index in [2.05, 4.69) is 0 Å². The van der Waals surface area contributed by atoms with E-state index in [0.717, 1.165) is 11.3 Å². The molecule has 6 heteroatoms. The highest BCUT2D eigenvalue weighted by molar-refractivity contribution is 6.04. The van der Waals surface area contributed by atoms with Crippen molar-refractivity contribution in [1.82, 2.24) is 0 Å². The number of carbonyl (C=O) groups is 2. The number of anilines is 1. The van der Waals surface area contributed by atoms with Gasteiger partial charge in [-0.2, -0.15) is 0 Å². The van der Waals surface area contributed by atoms with Gasteiger partial charge in [0.15, 0.2) is 6.23 Å². The fourth-order valence-electron chi connectivity index (χ4n) is 4.63. The van der Waals surface area contributed by atoms with Gasteiger partial charge in [-0.25, -0.2) is 0 Å². The normalized spacial score (nSPS) is 42.6. The van der Waals surface area contributed by atoms with E-state index in [4.69, 9.17) is 9.47 Å². The number of carboxylic acid groups (broad SMARTS) is 1. The lowest BCUT2D eigenvalue weighted by Gasteiger charge is -2.37. The number of carboxylic acids is 1. The third kappa shape index (κ3) is 1.33. The quantitative estimate of drug-likeness (QED) is 0.791. The molecule has 23 heavy (non-hydrogen) atoms. The summed E-state index contributed by atoms with van der Waals surface area (Å²) in [5.41, 5.74) is -0.265. The predicted molar refractivity (Wildman–Crippen MR) is 78.5 cm³/mol. The third-order valence-corrected chi connectivity index (χ3v) is 5.55. The van der Waals surface area contributed by atoms with Gasteiger partial charge < -0.3 is 14.6 Å². The van der Waals surface area contributed by atoms with Crippen molar-refractivity contribution in [2.24, 2.45) is 11.8 Å². The summed E-state index contributed by atoms with van der Waals surface area (Å²) in [5.74, 6) is -2.90. The standard InChI is InChI=1S/C17H15NO5/c1-16-6-7-17(23-16)11(12(16)14(20)21)13(19)18-10-5-3-2-4-9(10)8-22-15(17)18/h2-7,11-12,15H,8H2,1H3,(H,20,21)/t11-,12+,15-,16+,17-/m0/s1. The maximum Gasteiger partial charge on any atom is 0.310 e. The molecule has 1 aromatic rings. The van der Waals surface area contributed by atoms with Crippen molar-refractivity contribution in [2.45, 2.75) is 31.0 Å². The van der Waals surface area contributed by atoms with Crippen LogP contribution in [0.2, 0.25) is 0 Å². The maximum atomic E-state index is 13.1. The Morgan fingerprint density at radius 1 is 1.35 bits per heavy atom. The number of nitrogens with zero attached hydrogens (tertiary/aromatic N) is 1. The zero-order valence-electron chi connectivity index (χ0n) is 12.4. The van der Waals surface area contributed by atoms with Gasteiger partial charge in [0.2, 0.25) is 5.91 Å². The molecule has 5 atom stereocenters. The van der Waals surface area contributed by atoms with E-state index in [9.17, 15) is 14.7 Å². The monoisotopic (exact) mass is 313 g/mol. The number of aliphatic carboxylic acids is 1. The average molecular weight is 313 g/mol. The summed E-state index contributed by atoms with van der Waals surface area (Å²) in [4.78, 5) is 26.5. The minimum atomic E-state index is -1.01. The van der Waals surface area contributed by atoms with Crippen LogP contribution >= 0.6 is 0 Å².